The molecule has 30 heavy (non-hydrogen) atoms. The third-order valence-electron chi connectivity index (χ3n) is 4.73. The first-order valence-corrected chi connectivity index (χ1v) is 9.26. The molecule has 0 unspecified atom stereocenters. The van der Waals surface area contributed by atoms with Crippen LogP contribution in [0, 0.1) is 0 Å². The molecule has 0 saturated carbocycles. The fourth-order valence-corrected chi connectivity index (χ4v) is 3.26. The molecule has 0 atom stereocenters. The van der Waals surface area contributed by atoms with Crippen molar-refractivity contribution in [3.05, 3.63) is 65.4 Å². The number of carbonyl (C=O) groups excluding carboxylic acids is 3. The number of carbonyl (C=O) groups is 3. The molecule has 0 spiro atoms. The highest BCUT2D eigenvalue weighted by Gasteiger charge is 2.34. The van der Waals surface area contributed by atoms with Gasteiger partial charge >= 0.3 is 11.9 Å². The number of amides is 1. The predicted octanol–water partition coefficient (Wildman–Crippen LogP) is 1.81. The Balaban J connectivity index is 2.01. The maximum Gasteiger partial charge on any atom is 0.337 e. The minimum atomic E-state index is -0.614. The number of aliphatic hydroxyl groups excluding tert-OH is 1. The SMILES string of the molecule is COC(=O)C1=C(Nc2ccccc2-c2cccc(C(=O)OC)c2)C(=O)N(CCO)C1. The average Bonchev–Trinajstić information content (AvgIpc) is 3.08. The number of ether oxygens (including phenoxy) is 2. The van der Waals surface area contributed by atoms with Gasteiger partial charge in [0.05, 0.1) is 38.5 Å². The largest absolute Gasteiger partial charge is 0.466 e. The van der Waals surface area contributed by atoms with Crippen molar-refractivity contribution in [2.24, 2.45) is 0 Å². The molecule has 1 heterocycles. The Morgan fingerprint density at radius 2 is 1.80 bits per heavy atom. The van der Waals surface area contributed by atoms with Gasteiger partial charge in [0, 0.05) is 17.8 Å². The Morgan fingerprint density at radius 1 is 1.07 bits per heavy atom. The molecule has 8 heteroatoms. The summed E-state index contributed by atoms with van der Waals surface area (Å²) in [6.45, 7) is -0.0634. The monoisotopic (exact) mass is 410 g/mol. The van der Waals surface area contributed by atoms with Crippen LogP contribution < -0.4 is 5.32 Å². The summed E-state index contributed by atoms with van der Waals surface area (Å²) >= 11 is 0. The number of β-amino-alcohol motifs (C(OH)–C–C–N with tert-alkyl or cyclic N) is 1. The molecule has 2 N–H and O–H groups in total. The number of anilines is 1. The van der Waals surface area contributed by atoms with Crippen molar-refractivity contribution in [1.82, 2.24) is 4.90 Å². The maximum absolute atomic E-state index is 12.8. The summed E-state index contributed by atoms with van der Waals surface area (Å²) < 4.78 is 9.60. The molecule has 1 aliphatic heterocycles. The zero-order chi connectivity index (χ0) is 21.7. The normalized spacial score (nSPS) is 13.4. The van der Waals surface area contributed by atoms with E-state index in [0.29, 0.717) is 11.3 Å². The number of rotatable bonds is 7. The van der Waals surface area contributed by atoms with Gasteiger partial charge in [-0.25, -0.2) is 9.59 Å². The molecule has 1 amide bonds. The highest BCUT2D eigenvalue weighted by molar-refractivity contribution is 6.09. The third-order valence-corrected chi connectivity index (χ3v) is 4.73. The fourth-order valence-electron chi connectivity index (χ4n) is 3.26. The van der Waals surface area contributed by atoms with Gasteiger partial charge in [-0.15, -0.1) is 0 Å². The summed E-state index contributed by atoms with van der Waals surface area (Å²) in [5.74, 6) is -1.47. The van der Waals surface area contributed by atoms with Crippen LogP contribution in [0.3, 0.4) is 0 Å². The van der Waals surface area contributed by atoms with Crippen molar-refractivity contribution in [3.63, 3.8) is 0 Å². The van der Waals surface area contributed by atoms with Gasteiger partial charge in [0.2, 0.25) is 0 Å². The molecule has 156 valence electrons. The lowest BCUT2D eigenvalue weighted by atomic mass is 10.0. The van der Waals surface area contributed by atoms with Crippen LogP contribution in [0.2, 0.25) is 0 Å². The van der Waals surface area contributed by atoms with E-state index in [-0.39, 0.29) is 31.0 Å². The molecule has 8 nitrogen and oxygen atoms in total. The van der Waals surface area contributed by atoms with Gasteiger partial charge in [0.1, 0.15) is 5.70 Å². The van der Waals surface area contributed by atoms with Crippen molar-refractivity contribution in [3.8, 4) is 11.1 Å². The highest BCUT2D eigenvalue weighted by Crippen LogP contribution is 2.31. The van der Waals surface area contributed by atoms with Crippen LogP contribution in [0.25, 0.3) is 11.1 Å². The summed E-state index contributed by atoms with van der Waals surface area (Å²) in [6, 6.07) is 14.1. The molecule has 0 aliphatic carbocycles. The van der Waals surface area contributed by atoms with Crippen LogP contribution in [0.15, 0.2) is 59.8 Å². The van der Waals surface area contributed by atoms with E-state index in [1.165, 1.54) is 19.1 Å². The zero-order valence-electron chi connectivity index (χ0n) is 16.7. The number of nitrogens with one attached hydrogen (secondary N) is 1. The van der Waals surface area contributed by atoms with Crippen LogP contribution in [0.4, 0.5) is 5.69 Å². The molecule has 0 saturated heterocycles. The first-order chi connectivity index (χ1) is 14.5. The third kappa shape index (κ3) is 4.18. The van der Waals surface area contributed by atoms with Gasteiger partial charge < -0.3 is 24.8 Å². The Labute approximate surface area is 173 Å². The van der Waals surface area contributed by atoms with E-state index in [1.54, 1.807) is 30.3 Å². The topological polar surface area (TPSA) is 105 Å². The number of esters is 2. The van der Waals surface area contributed by atoms with Crippen LogP contribution in [-0.4, -0.2) is 61.8 Å². The number of nitrogens with zero attached hydrogens (tertiary/aromatic N) is 1. The minimum Gasteiger partial charge on any atom is -0.466 e. The van der Waals surface area contributed by atoms with Gasteiger partial charge in [-0.2, -0.15) is 0 Å². The lowest BCUT2D eigenvalue weighted by Crippen LogP contribution is -2.31. The average molecular weight is 410 g/mol. The Bertz CT molecular complexity index is 1010. The summed E-state index contributed by atoms with van der Waals surface area (Å²) in [7, 11) is 2.56. The molecule has 0 radical (unpaired) electrons. The number of hydrogen-bond donors (Lipinski definition) is 2. The molecule has 2 aromatic rings. The Kier molecular flexibility index (Phi) is 6.48. The van der Waals surface area contributed by atoms with E-state index in [2.05, 4.69) is 5.32 Å². The van der Waals surface area contributed by atoms with Gasteiger partial charge in [-0.1, -0.05) is 30.3 Å². The standard InChI is InChI=1S/C22H22N2O6/c1-29-21(27)15-7-5-6-14(12-15)16-8-3-4-9-18(16)23-19-17(22(28)30-2)13-24(10-11-25)20(19)26/h3-9,12,23,25H,10-11,13H2,1-2H3. The molecular formula is C22H22N2O6. The van der Waals surface area contributed by atoms with Crippen LogP contribution in [0.1, 0.15) is 10.4 Å². The van der Waals surface area contributed by atoms with E-state index in [9.17, 15) is 19.5 Å². The molecule has 1 aliphatic rings. The first kappa shape index (κ1) is 21.1. The lowest BCUT2D eigenvalue weighted by Gasteiger charge is -2.16. The number of aliphatic hydroxyl groups is 1. The number of methoxy groups -OCH3 is 2. The number of hydrogen-bond acceptors (Lipinski definition) is 7. The fraction of sp³-hybridized carbons (Fsp3) is 0.227. The predicted molar refractivity (Wildman–Crippen MR) is 110 cm³/mol. The van der Waals surface area contributed by atoms with Crippen molar-refractivity contribution in [1.29, 1.82) is 0 Å². The van der Waals surface area contributed by atoms with Gasteiger partial charge in [0.25, 0.3) is 5.91 Å². The molecule has 2 aromatic carbocycles. The summed E-state index contributed by atoms with van der Waals surface area (Å²) in [6.07, 6.45) is 0. The van der Waals surface area contributed by atoms with Crippen LogP contribution in [0.5, 0.6) is 0 Å². The van der Waals surface area contributed by atoms with Gasteiger partial charge in [0.15, 0.2) is 0 Å². The zero-order valence-corrected chi connectivity index (χ0v) is 16.7. The second-order valence-electron chi connectivity index (χ2n) is 6.54. The molecule has 0 bridgehead atoms. The van der Waals surface area contributed by atoms with E-state index in [0.717, 1.165) is 11.1 Å². The second-order valence-corrected chi connectivity index (χ2v) is 6.54. The summed E-state index contributed by atoms with van der Waals surface area (Å²) in [4.78, 5) is 38.2. The Hall–Kier alpha value is -3.65. The number of para-hydroxylation sites is 1. The van der Waals surface area contributed by atoms with Crippen LogP contribution in [-0.2, 0) is 19.1 Å². The van der Waals surface area contributed by atoms with Crippen molar-refractivity contribution in [2.45, 2.75) is 0 Å². The maximum atomic E-state index is 12.8. The minimum absolute atomic E-state index is 0.0500. The van der Waals surface area contributed by atoms with Crippen molar-refractivity contribution in [2.75, 3.05) is 39.2 Å². The van der Waals surface area contributed by atoms with Crippen molar-refractivity contribution < 1.29 is 29.0 Å². The smallest absolute Gasteiger partial charge is 0.337 e. The van der Waals surface area contributed by atoms with E-state index < -0.39 is 17.8 Å². The van der Waals surface area contributed by atoms with E-state index in [4.69, 9.17) is 9.47 Å². The van der Waals surface area contributed by atoms with Crippen molar-refractivity contribution >= 4 is 23.5 Å². The Morgan fingerprint density at radius 3 is 2.50 bits per heavy atom. The molecule has 0 aromatic heterocycles. The lowest BCUT2D eigenvalue weighted by molar-refractivity contribution is -0.136. The number of benzene rings is 2. The highest BCUT2D eigenvalue weighted by atomic mass is 16.5. The van der Waals surface area contributed by atoms with E-state index in [1.807, 2.05) is 18.2 Å². The van der Waals surface area contributed by atoms with Crippen LogP contribution >= 0.6 is 0 Å². The van der Waals surface area contributed by atoms with Gasteiger partial charge in [-0.05, 0) is 23.8 Å². The van der Waals surface area contributed by atoms with E-state index >= 15 is 0 Å². The molecule has 3 rings (SSSR count). The molecular weight excluding hydrogens is 388 g/mol. The van der Waals surface area contributed by atoms with Gasteiger partial charge in [-0.3, -0.25) is 4.79 Å². The summed E-state index contributed by atoms with van der Waals surface area (Å²) in [5, 5.41) is 12.3. The first-order valence-electron chi connectivity index (χ1n) is 9.26. The quantitative estimate of drug-likeness (QED) is 0.671. The summed E-state index contributed by atoms with van der Waals surface area (Å²) in [5.41, 5.74) is 2.73. The molecule has 0 fully saturated rings. The second kappa shape index (κ2) is 9.23.